The highest BCUT2D eigenvalue weighted by Crippen LogP contribution is 2.41. The number of carbonyl (C=O) groups is 3. The monoisotopic (exact) mass is 625 g/mol. The number of nitrogens with zero attached hydrogens (tertiary/aromatic N) is 3. The molecule has 0 saturated carbocycles. The SMILES string of the molecule is CO/N=C(\C(=O)NC1C(=O)N2C(C(=O)O)=CCS[C@H]12)c1csc(NC(c2ccccc2)(c2ccccc2)c2ccccc2)n1. The minimum absolute atomic E-state index is 0.0796. The van der Waals surface area contributed by atoms with Gasteiger partial charge < -0.3 is 20.6 Å². The Kier molecular flexibility index (Phi) is 8.18. The highest BCUT2D eigenvalue weighted by atomic mass is 32.2. The van der Waals surface area contributed by atoms with E-state index in [0.29, 0.717) is 10.9 Å². The van der Waals surface area contributed by atoms with E-state index in [1.165, 1.54) is 41.2 Å². The highest BCUT2D eigenvalue weighted by molar-refractivity contribution is 8.00. The number of amides is 2. The Morgan fingerprint density at radius 2 is 1.55 bits per heavy atom. The minimum atomic E-state index is -1.19. The number of carboxylic acid groups (broad SMARTS) is 1. The summed E-state index contributed by atoms with van der Waals surface area (Å²) in [6.45, 7) is 0. The molecule has 10 nitrogen and oxygen atoms in total. The van der Waals surface area contributed by atoms with E-state index in [9.17, 15) is 19.5 Å². The predicted octanol–water partition coefficient (Wildman–Crippen LogP) is 4.27. The zero-order chi connectivity index (χ0) is 30.7. The first-order chi connectivity index (χ1) is 21.4. The first-order valence-corrected chi connectivity index (χ1v) is 15.6. The Bertz CT molecular complexity index is 1650. The fraction of sp³-hybridized carbons (Fsp3) is 0.156. The van der Waals surface area contributed by atoms with E-state index in [2.05, 4.69) is 52.2 Å². The third-order valence-electron chi connectivity index (χ3n) is 7.41. The van der Waals surface area contributed by atoms with Gasteiger partial charge in [0, 0.05) is 11.1 Å². The first kappa shape index (κ1) is 29.1. The van der Waals surface area contributed by atoms with Gasteiger partial charge in [0.25, 0.3) is 11.8 Å². The number of β-lactam (4-membered cyclic amide) rings is 1. The molecule has 0 aliphatic carbocycles. The molecule has 2 atom stereocenters. The molecule has 3 aromatic carbocycles. The Balaban J connectivity index is 1.31. The van der Waals surface area contributed by atoms with Crippen LogP contribution in [0.25, 0.3) is 0 Å². The Morgan fingerprint density at radius 3 is 2.07 bits per heavy atom. The second-order valence-electron chi connectivity index (χ2n) is 9.91. The molecule has 12 heteroatoms. The molecule has 0 bridgehead atoms. The number of nitrogens with one attached hydrogen (secondary N) is 2. The maximum Gasteiger partial charge on any atom is 0.352 e. The van der Waals surface area contributed by atoms with Crippen molar-refractivity contribution in [3.8, 4) is 0 Å². The number of hydrogen-bond acceptors (Lipinski definition) is 9. The summed E-state index contributed by atoms with van der Waals surface area (Å²) in [7, 11) is 1.32. The number of thiazole rings is 1. The van der Waals surface area contributed by atoms with Crippen molar-refractivity contribution in [1.82, 2.24) is 15.2 Å². The van der Waals surface area contributed by atoms with Crippen LogP contribution in [0.1, 0.15) is 22.4 Å². The molecular weight excluding hydrogens is 599 g/mol. The summed E-state index contributed by atoms with van der Waals surface area (Å²) in [6, 6.07) is 29.3. The second-order valence-corrected chi connectivity index (χ2v) is 11.9. The van der Waals surface area contributed by atoms with Gasteiger partial charge in [-0.05, 0) is 22.8 Å². The first-order valence-electron chi connectivity index (χ1n) is 13.6. The van der Waals surface area contributed by atoms with Crippen LogP contribution in [0.15, 0.2) is 113 Å². The number of carbonyl (C=O) groups excluding carboxylic acids is 2. The van der Waals surface area contributed by atoms with Crippen LogP contribution in [0, 0.1) is 0 Å². The molecule has 2 aliphatic heterocycles. The molecule has 1 unspecified atom stereocenters. The van der Waals surface area contributed by atoms with Crippen molar-refractivity contribution >= 4 is 51.7 Å². The van der Waals surface area contributed by atoms with E-state index >= 15 is 0 Å². The average molecular weight is 626 g/mol. The fourth-order valence-corrected chi connectivity index (χ4v) is 7.37. The molecule has 6 rings (SSSR count). The van der Waals surface area contributed by atoms with Gasteiger partial charge in [0.1, 0.15) is 35.5 Å². The van der Waals surface area contributed by atoms with E-state index in [-0.39, 0.29) is 17.1 Å². The molecule has 44 heavy (non-hydrogen) atoms. The van der Waals surface area contributed by atoms with Gasteiger partial charge >= 0.3 is 5.97 Å². The molecule has 2 amide bonds. The van der Waals surface area contributed by atoms with Gasteiger partial charge in [-0.2, -0.15) is 0 Å². The molecule has 3 N–H and O–H groups in total. The van der Waals surface area contributed by atoms with Crippen molar-refractivity contribution < 1.29 is 24.3 Å². The number of hydrogen-bond donors (Lipinski definition) is 3. The molecule has 0 radical (unpaired) electrons. The number of fused-ring (bicyclic) bond motifs is 1. The number of oxime groups is 1. The number of thioether (sulfide) groups is 1. The summed E-state index contributed by atoms with van der Waals surface area (Å²) < 4.78 is 0. The number of anilines is 1. The zero-order valence-electron chi connectivity index (χ0n) is 23.4. The van der Waals surface area contributed by atoms with E-state index in [0.717, 1.165) is 16.7 Å². The van der Waals surface area contributed by atoms with Crippen molar-refractivity contribution in [3.05, 3.63) is 131 Å². The smallest absolute Gasteiger partial charge is 0.352 e. The van der Waals surface area contributed by atoms with Gasteiger partial charge in [-0.3, -0.25) is 14.5 Å². The van der Waals surface area contributed by atoms with E-state index in [4.69, 9.17) is 9.82 Å². The lowest BCUT2D eigenvalue weighted by atomic mass is 9.77. The van der Waals surface area contributed by atoms with Crippen LogP contribution < -0.4 is 10.6 Å². The third kappa shape index (κ3) is 5.22. The van der Waals surface area contributed by atoms with Crippen LogP contribution in [0.2, 0.25) is 0 Å². The van der Waals surface area contributed by atoms with Crippen molar-refractivity contribution in [2.24, 2.45) is 5.16 Å². The normalized spacial score (nSPS) is 18.0. The number of benzene rings is 3. The van der Waals surface area contributed by atoms with Crippen molar-refractivity contribution in [1.29, 1.82) is 0 Å². The van der Waals surface area contributed by atoms with Crippen molar-refractivity contribution in [2.75, 3.05) is 18.2 Å². The molecule has 2 aliphatic rings. The molecule has 3 heterocycles. The van der Waals surface area contributed by atoms with Crippen molar-refractivity contribution in [3.63, 3.8) is 0 Å². The van der Waals surface area contributed by atoms with Crippen LogP contribution in [0.3, 0.4) is 0 Å². The minimum Gasteiger partial charge on any atom is -0.477 e. The Labute approximate surface area is 261 Å². The fourth-order valence-electron chi connectivity index (χ4n) is 5.42. The van der Waals surface area contributed by atoms with Crippen molar-refractivity contribution in [2.45, 2.75) is 17.0 Å². The molecule has 1 fully saturated rings. The lowest BCUT2D eigenvalue weighted by Crippen LogP contribution is -2.70. The lowest BCUT2D eigenvalue weighted by molar-refractivity contribution is -0.150. The van der Waals surface area contributed by atoms with Crippen LogP contribution >= 0.6 is 23.1 Å². The predicted molar refractivity (Wildman–Crippen MR) is 169 cm³/mol. The van der Waals surface area contributed by atoms with Gasteiger partial charge in [-0.1, -0.05) is 96.2 Å². The maximum absolute atomic E-state index is 13.4. The Hall–Kier alpha value is -4.94. The lowest BCUT2D eigenvalue weighted by Gasteiger charge is -2.48. The van der Waals surface area contributed by atoms with Gasteiger partial charge in [0.05, 0.1) is 0 Å². The topological polar surface area (TPSA) is 133 Å². The third-order valence-corrected chi connectivity index (χ3v) is 9.35. The number of carboxylic acids is 1. The molecule has 1 aromatic heterocycles. The summed E-state index contributed by atoms with van der Waals surface area (Å²) >= 11 is 2.67. The average Bonchev–Trinajstić information content (AvgIpc) is 3.53. The van der Waals surface area contributed by atoms with E-state index < -0.39 is 34.7 Å². The molecule has 4 aromatic rings. The summed E-state index contributed by atoms with van der Waals surface area (Å²) in [5, 5.41) is 21.5. The largest absolute Gasteiger partial charge is 0.477 e. The standard InChI is InChI=1S/C32H27N5O5S2/c1-42-36-25(27(38)34-26-28(39)37-24(30(40)41)17-18-43-29(26)37)23-19-44-31(33-23)35-32(20-11-5-2-6-12-20,21-13-7-3-8-14-21)22-15-9-4-10-16-22/h2-17,19,26,29H,18H2,1H3,(H,33,35)(H,34,38)(H,40,41)/b36-25-/t26?,29-/m1/s1. The van der Waals surface area contributed by atoms with Crippen LogP contribution in [-0.2, 0) is 24.8 Å². The van der Waals surface area contributed by atoms with Gasteiger partial charge in [0.15, 0.2) is 10.8 Å². The molecule has 0 spiro atoms. The highest BCUT2D eigenvalue weighted by Gasteiger charge is 2.53. The maximum atomic E-state index is 13.4. The van der Waals surface area contributed by atoms with E-state index in [1.54, 1.807) is 5.38 Å². The quantitative estimate of drug-likeness (QED) is 0.103. The van der Waals surface area contributed by atoms with E-state index in [1.807, 2.05) is 54.6 Å². The summed E-state index contributed by atoms with van der Waals surface area (Å²) in [5.74, 6) is -1.93. The second kappa shape index (κ2) is 12.3. The van der Waals surface area contributed by atoms with Gasteiger partial charge in [-0.25, -0.2) is 9.78 Å². The van der Waals surface area contributed by atoms with Gasteiger partial charge in [-0.15, -0.1) is 23.1 Å². The summed E-state index contributed by atoms with van der Waals surface area (Å²) in [4.78, 5) is 48.8. The zero-order valence-corrected chi connectivity index (χ0v) is 25.0. The Morgan fingerprint density at radius 1 is 0.977 bits per heavy atom. The van der Waals surface area contributed by atoms with Crippen LogP contribution in [0.4, 0.5) is 5.13 Å². The number of rotatable bonds is 10. The molecular formula is C32H27N5O5S2. The van der Waals surface area contributed by atoms with Crippen LogP contribution in [0.5, 0.6) is 0 Å². The van der Waals surface area contributed by atoms with Crippen LogP contribution in [-0.4, -0.2) is 62.8 Å². The summed E-state index contributed by atoms with van der Waals surface area (Å²) in [6.07, 6.45) is 1.49. The molecule has 222 valence electrons. The number of aromatic nitrogens is 1. The van der Waals surface area contributed by atoms with Gasteiger partial charge in [0.2, 0.25) is 0 Å². The number of aliphatic carboxylic acids is 1. The molecule has 1 saturated heterocycles. The summed E-state index contributed by atoms with van der Waals surface area (Å²) in [5.41, 5.74) is 2.22.